The van der Waals surface area contributed by atoms with E-state index in [0.717, 1.165) is 5.69 Å². The minimum Gasteiger partial charge on any atom is -0.304 e. The second-order valence-corrected chi connectivity index (χ2v) is 5.36. The molecule has 0 bridgehead atoms. The molecule has 3 aromatic rings. The zero-order valence-corrected chi connectivity index (χ0v) is 11.9. The van der Waals surface area contributed by atoms with Crippen molar-refractivity contribution in [3.8, 4) is 0 Å². The molecule has 0 aromatic carbocycles. The number of nitrogens with one attached hydrogen (secondary N) is 1. The molecule has 0 unspecified atom stereocenters. The van der Waals surface area contributed by atoms with Crippen LogP contribution in [0, 0.1) is 6.92 Å². The molecule has 22 heavy (non-hydrogen) atoms. The lowest BCUT2D eigenvalue weighted by molar-refractivity contribution is -0.138. The molecule has 0 saturated heterocycles. The Hall–Kier alpha value is -2.49. The fourth-order valence-corrected chi connectivity index (χ4v) is 2.41. The summed E-state index contributed by atoms with van der Waals surface area (Å²) < 4.78 is 39.0. The second-order valence-electron chi connectivity index (χ2n) is 4.39. The molecule has 0 aliphatic heterocycles. The average Bonchev–Trinajstić information content (AvgIpc) is 3.04. The number of imidazole rings is 1. The van der Waals surface area contributed by atoms with Crippen LogP contribution in [-0.4, -0.2) is 25.5 Å². The molecule has 0 saturated carbocycles. The topological polar surface area (TPSA) is 72.2 Å². The fourth-order valence-electron chi connectivity index (χ4n) is 1.81. The van der Waals surface area contributed by atoms with E-state index in [9.17, 15) is 18.0 Å². The monoisotopic (exact) mass is 327 g/mol. The van der Waals surface area contributed by atoms with Gasteiger partial charge in [0.25, 0.3) is 5.91 Å². The van der Waals surface area contributed by atoms with Gasteiger partial charge in [-0.3, -0.25) is 10.1 Å². The summed E-state index contributed by atoms with van der Waals surface area (Å²) in [6.45, 7) is 1.84. The number of aromatic nitrogens is 4. The minimum absolute atomic E-state index is 0.0815. The van der Waals surface area contributed by atoms with Crippen LogP contribution in [0.4, 0.5) is 18.3 Å². The lowest BCUT2D eigenvalue weighted by Crippen LogP contribution is -2.12. The molecule has 10 heteroatoms. The summed E-state index contributed by atoms with van der Waals surface area (Å²) in [6, 6.07) is 5.35. The number of fused-ring (bicyclic) bond motifs is 1. The fraction of sp³-hybridized carbons (Fsp3) is 0.167. The van der Waals surface area contributed by atoms with Crippen molar-refractivity contribution in [1.82, 2.24) is 19.6 Å². The number of anilines is 1. The van der Waals surface area contributed by atoms with E-state index in [-0.39, 0.29) is 22.2 Å². The van der Waals surface area contributed by atoms with Gasteiger partial charge in [-0.05, 0) is 19.1 Å². The van der Waals surface area contributed by atoms with Crippen LogP contribution in [0.1, 0.15) is 21.2 Å². The molecule has 0 aliphatic rings. The Kier molecular flexibility index (Phi) is 3.32. The highest BCUT2D eigenvalue weighted by atomic mass is 32.1. The van der Waals surface area contributed by atoms with Gasteiger partial charge in [0, 0.05) is 11.9 Å². The maximum absolute atomic E-state index is 12.4. The second kappa shape index (κ2) is 5.05. The van der Waals surface area contributed by atoms with Crippen LogP contribution < -0.4 is 5.32 Å². The highest BCUT2D eigenvalue weighted by Crippen LogP contribution is 2.33. The van der Waals surface area contributed by atoms with Gasteiger partial charge in [0.15, 0.2) is 0 Å². The van der Waals surface area contributed by atoms with Gasteiger partial charge in [-0.2, -0.15) is 13.2 Å². The minimum atomic E-state index is -4.58. The van der Waals surface area contributed by atoms with Crippen molar-refractivity contribution in [1.29, 1.82) is 0 Å². The van der Waals surface area contributed by atoms with Crippen molar-refractivity contribution in [2.24, 2.45) is 0 Å². The molecule has 0 fully saturated rings. The van der Waals surface area contributed by atoms with Crippen LogP contribution in [0.3, 0.4) is 0 Å². The maximum Gasteiger partial charge on any atom is 0.445 e. The standard InChI is InChI=1S/C12H8F3N5OS/c1-6-3-2-4-8-16-7(5-20(6)8)9(21)17-11-19-18-10(22-11)12(13,14)15/h2-5H,1H3,(H,17,19,21). The highest BCUT2D eigenvalue weighted by Gasteiger charge is 2.35. The van der Waals surface area contributed by atoms with Crippen molar-refractivity contribution in [2.45, 2.75) is 13.1 Å². The smallest absolute Gasteiger partial charge is 0.304 e. The highest BCUT2D eigenvalue weighted by molar-refractivity contribution is 7.15. The predicted octanol–water partition coefficient (Wildman–Crippen LogP) is 2.77. The number of carbonyl (C=O) groups excluding carboxylic acids is 1. The van der Waals surface area contributed by atoms with Gasteiger partial charge >= 0.3 is 6.18 Å². The van der Waals surface area contributed by atoms with Gasteiger partial charge in [0.2, 0.25) is 10.1 Å². The van der Waals surface area contributed by atoms with Crippen molar-refractivity contribution in [2.75, 3.05) is 5.32 Å². The van der Waals surface area contributed by atoms with Crippen LogP contribution in [-0.2, 0) is 6.18 Å². The van der Waals surface area contributed by atoms with E-state index in [0.29, 0.717) is 5.65 Å². The van der Waals surface area contributed by atoms with Gasteiger partial charge in [-0.1, -0.05) is 17.4 Å². The third-order valence-corrected chi connectivity index (χ3v) is 3.70. The molecule has 0 atom stereocenters. The zero-order chi connectivity index (χ0) is 15.9. The van der Waals surface area contributed by atoms with Crippen LogP contribution >= 0.6 is 11.3 Å². The van der Waals surface area contributed by atoms with Crippen molar-refractivity contribution < 1.29 is 18.0 Å². The van der Waals surface area contributed by atoms with Gasteiger partial charge < -0.3 is 4.40 Å². The van der Waals surface area contributed by atoms with E-state index in [4.69, 9.17) is 0 Å². The first-order valence-corrected chi connectivity index (χ1v) is 6.83. The number of hydrogen-bond donors (Lipinski definition) is 1. The van der Waals surface area contributed by atoms with E-state index in [2.05, 4.69) is 20.5 Å². The normalized spacial score (nSPS) is 11.8. The maximum atomic E-state index is 12.4. The van der Waals surface area contributed by atoms with Crippen LogP contribution in [0.5, 0.6) is 0 Å². The average molecular weight is 327 g/mol. The number of carbonyl (C=O) groups is 1. The third kappa shape index (κ3) is 2.64. The number of alkyl halides is 3. The van der Waals surface area contributed by atoms with Crippen LogP contribution in [0.25, 0.3) is 5.65 Å². The Morgan fingerprint density at radius 3 is 2.73 bits per heavy atom. The summed E-state index contributed by atoms with van der Waals surface area (Å²) in [5.41, 5.74) is 1.52. The Bertz CT molecular complexity index is 854. The summed E-state index contributed by atoms with van der Waals surface area (Å²) in [6.07, 6.45) is -3.08. The summed E-state index contributed by atoms with van der Waals surface area (Å²) in [5, 5.41) is 7.21. The van der Waals surface area contributed by atoms with Gasteiger partial charge in [-0.25, -0.2) is 4.98 Å². The zero-order valence-electron chi connectivity index (χ0n) is 11.0. The Morgan fingerprint density at radius 1 is 1.32 bits per heavy atom. The largest absolute Gasteiger partial charge is 0.445 e. The predicted molar refractivity (Wildman–Crippen MR) is 72.8 cm³/mol. The number of nitrogens with zero attached hydrogens (tertiary/aromatic N) is 4. The van der Waals surface area contributed by atoms with Crippen LogP contribution in [0.15, 0.2) is 24.4 Å². The van der Waals surface area contributed by atoms with Gasteiger partial charge in [0.1, 0.15) is 11.3 Å². The summed E-state index contributed by atoms with van der Waals surface area (Å²) >= 11 is 0.259. The Morgan fingerprint density at radius 2 is 2.09 bits per heavy atom. The number of aryl methyl sites for hydroxylation is 1. The first-order valence-electron chi connectivity index (χ1n) is 6.01. The number of rotatable bonds is 2. The number of hydrogen-bond acceptors (Lipinski definition) is 5. The molecule has 1 N–H and O–H groups in total. The lowest BCUT2D eigenvalue weighted by atomic mass is 10.4. The SMILES string of the molecule is Cc1cccc2nc(C(=O)Nc3nnc(C(F)(F)F)s3)cn12. The van der Waals surface area contributed by atoms with E-state index >= 15 is 0 Å². The summed E-state index contributed by atoms with van der Waals surface area (Å²) in [4.78, 5) is 16.1. The molecule has 3 aromatic heterocycles. The van der Waals surface area contributed by atoms with E-state index in [1.54, 1.807) is 16.5 Å². The third-order valence-electron chi connectivity index (χ3n) is 2.82. The number of halogens is 3. The molecule has 114 valence electrons. The molecular formula is C12H8F3N5OS. The summed E-state index contributed by atoms with van der Waals surface area (Å²) in [5.74, 6) is -0.645. The first kappa shape index (κ1) is 14.4. The molecular weight excluding hydrogens is 319 g/mol. The van der Waals surface area contributed by atoms with E-state index in [1.165, 1.54) is 6.20 Å². The first-order chi connectivity index (χ1) is 10.3. The van der Waals surface area contributed by atoms with E-state index < -0.39 is 17.1 Å². The molecule has 3 rings (SSSR count). The van der Waals surface area contributed by atoms with Gasteiger partial charge in [-0.15, -0.1) is 10.2 Å². The molecule has 0 radical (unpaired) electrons. The Labute approximate surface area is 125 Å². The van der Waals surface area contributed by atoms with Crippen LogP contribution in [0.2, 0.25) is 0 Å². The number of pyridine rings is 1. The Balaban J connectivity index is 1.84. The molecule has 0 spiro atoms. The summed E-state index contributed by atoms with van der Waals surface area (Å²) in [7, 11) is 0. The van der Waals surface area contributed by atoms with Crippen molar-refractivity contribution in [3.63, 3.8) is 0 Å². The van der Waals surface area contributed by atoms with Gasteiger partial charge in [0.05, 0.1) is 0 Å². The van der Waals surface area contributed by atoms with E-state index in [1.807, 2.05) is 13.0 Å². The quantitative estimate of drug-likeness (QED) is 0.785. The molecule has 3 heterocycles. The molecule has 6 nitrogen and oxygen atoms in total. The molecule has 0 aliphatic carbocycles. The lowest BCUT2D eigenvalue weighted by Gasteiger charge is -1.98. The van der Waals surface area contributed by atoms with Crippen molar-refractivity contribution >= 4 is 28.0 Å². The van der Waals surface area contributed by atoms with Crippen molar-refractivity contribution in [3.05, 3.63) is 40.8 Å². The number of amides is 1. The molecule has 1 amide bonds.